The first-order valence-electron chi connectivity index (χ1n) is 8.99. The highest BCUT2D eigenvalue weighted by atomic mass is 35.5. The highest BCUT2D eigenvalue weighted by Gasteiger charge is 2.27. The fourth-order valence-electron chi connectivity index (χ4n) is 3.24. The summed E-state index contributed by atoms with van der Waals surface area (Å²) in [7, 11) is 0. The Balaban J connectivity index is 1.47. The minimum atomic E-state index is 0.0521. The van der Waals surface area contributed by atoms with E-state index in [1.165, 1.54) is 11.5 Å². The number of hydrogen-bond donors (Lipinski definition) is 0. The van der Waals surface area contributed by atoms with Crippen LogP contribution >= 0.6 is 34.5 Å². The number of carbonyl (C=O) groups excluding carboxylic acids is 1. The lowest BCUT2D eigenvalue weighted by molar-refractivity contribution is 0.0750. The van der Waals surface area contributed by atoms with E-state index in [9.17, 15) is 4.79 Å². The van der Waals surface area contributed by atoms with E-state index in [4.69, 9.17) is 16.6 Å². The standard InChI is InChI=1S/C18H20ClN5OS2/c1-3-4-13-16(27-22-21-13)17(25)23-7-9-24(10-8-23)18-20-14-11(2)5-6-12(19)15(14)26-18/h5-6H,3-4,7-10H2,1-2H3. The molecule has 1 amide bonds. The Bertz CT molecular complexity index is 938. The number of fused-ring (bicyclic) bond motifs is 1. The topological polar surface area (TPSA) is 62.2 Å². The number of aromatic nitrogens is 3. The minimum Gasteiger partial charge on any atom is -0.345 e. The normalized spacial score (nSPS) is 14.9. The van der Waals surface area contributed by atoms with Crippen LogP contribution in [0.3, 0.4) is 0 Å². The Morgan fingerprint density at radius 2 is 2.04 bits per heavy atom. The van der Waals surface area contributed by atoms with Crippen molar-refractivity contribution >= 4 is 55.7 Å². The van der Waals surface area contributed by atoms with Crippen LogP contribution in [0.25, 0.3) is 10.2 Å². The first-order chi connectivity index (χ1) is 13.1. The van der Waals surface area contributed by atoms with Gasteiger partial charge in [0.25, 0.3) is 5.91 Å². The lowest BCUT2D eigenvalue weighted by Gasteiger charge is -2.34. The molecule has 3 aromatic rings. The second kappa shape index (κ2) is 7.69. The Kier molecular flexibility index (Phi) is 5.29. The van der Waals surface area contributed by atoms with Crippen LogP contribution in [0.15, 0.2) is 12.1 Å². The summed E-state index contributed by atoms with van der Waals surface area (Å²) in [5.74, 6) is 0.0521. The van der Waals surface area contributed by atoms with Crippen molar-refractivity contribution in [1.82, 2.24) is 19.5 Å². The van der Waals surface area contributed by atoms with Gasteiger partial charge in [0.15, 0.2) is 5.13 Å². The molecule has 6 nitrogen and oxygen atoms in total. The van der Waals surface area contributed by atoms with Gasteiger partial charge in [-0.15, -0.1) is 5.10 Å². The molecule has 0 atom stereocenters. The number of anilines is 1. The van der Waals surface area contributed by atoms with Gasteiger partial charge in [0.2, 0.25) is 0 Å². The maximum absolute atomic E-state index is 12.8. The molecular weight excluding hydrogens is 402 g/mol. The fourth-order valence-corrected chi connectivity index (χ4v) is 5.29. The van der Waals surface area contributed by atoms with Gasteiger partial charge in [-0.1, -0.05) is 46.8 Å². The van der Waals surface area contributed by atoms with Gasteiger partial charge in [0.05, 0.1) is 20.9 Å². The summed E-state index contributed by atoms with van der Waals surface area (Å²) in [5.41, 5.74) is 2.93. The van der Waals surface area contributed by atoms with Crippen molar-refractivity contribution in [2.45, 2.75) is 26.7 Å². The first kappa shape index (κ1) is 18.6. The van der Waals surface area contributed by atoms with Gasteiger partial charge in [-0.25, -0.2) is 4.98 Å². The summed E-state index contributed by atoms with van der Waals surface area (Å²) in [6, 6.07) is 3.93. The lowest BCUT2D eigenvalue weighted by atomic mass is 10.2. The highest BCUT2D eigenvalue weighted by Crippen LogP contribution is 2.35. The molecule has 1 aliphatic heterocycles. The van der Waals surface area contributed by atoms with Gasteiger partial charge in [0, 0.05) is 26.2 Å². The van der Waals surface area contributed by atoms with Crippen LogP contribution in [0.5, 0.6) is 0 Å². The summed E-state index contributed by atoms with van der Waals surface area (Å²) >= 11 is 9.16. The van der Waals surface area contributed by atoms with Crippen molar-refractivity contribution in [1.29, 1.82) is 0 Å². The summed E-state index contributed by atoms with van der Waals surface area (Å²) in [5, 5.41) is 5.83. The van der Waals surface area contributed by atoms with Gasteiger partial charge in [-0.05, 0) is 36.5 Å². The Hall–Kier alpha value is -1.77. The fraction of sp³-hybridized carbons (Fsp3) is 0.444. The van der Waals surface area contributed by atoms with E-state index in [1.807, 2.05) is 17.0 Å². The molecule has 0 spiro atoms. The van der Waals surface area contributed by atoms with E-state index in [0.717, 1.165) is 57.6 Å². The molecule has 1 saturated heterocycles. The monoisotopic (exact) mass is 421 g/mol. The summed E-state index contributed by atoms with van der Waals surface area (Å²) in [4.78, 5) is 22.5. The van der Waals surface area contributed by atoms with Crippen LogP contribution in [0.4, 0.5) is 5.13 Å². The summed E-state index contributed by atoms with van der Waals surface area (Å²) in [6.45, 7) is 7.00. The number of piperazine rings is 1. The van der Waals surface area contributed by atoms with E-state index in [0.29, 0.717) is 18.0 Å². The Labute approximate surface area is 170 Å². The van der Waals surface area contributed by atoms with Crippen LogP contribution < -0.4 is 4.90 Å². The number of amides is 1. The molecule has 9 heteroatoms. The third-order valence-electron chi connectivity index (χ3n) is 4.76. The second-order valence-corrected chi connectivity index (χ2v) is 8.76. The summed E-state index contributed by atoms with van der Waals surface area (Å²) < 4.78 is 5.01. The molecule has 0 N–H and O–H groups in total. The molecule has 0 bridgehead atoms. The van der Waals surface area contributed by atoms with Crippen LogP contribution in [0, 0.1) is 6.92 Å². The largest absolute Gasteiger partial charge is 0.345 e. The maximum Gasteiger partial charge on any atom is 0.267 e. The molecule has 0 saturated carbocycles. The quantitative estimate of drug-likeness (QED) is 0.636. The molecule has 2 aromatic heterocycles. The van der Waals surface area contributed by atoms with Crippen molar-refractivity contribution in [3.63, 3.8) is 0 Å². The van der Waals surface area contributed by atoms with Crippen molar-refractivity contribution in [3.8, 4) is 0 Å². The molecule has 4 rings (SSSR count). The zero-order chi connectivity index (χ0) is 19.0. The Morgan fingerprint density at radius 3 is 2.74 bits per heavy atom. The van der Waals surface area contributed by atoms with E-state index in [2.05, 4.69) is 28.3 Å². The number of carbonyl (C=O) groups is 1. The van der Waals surface area contributed by atoms with Gasteiger partial charge >= 0.3 is 0 Å². The first-order valence-corrected chi connectivity index (χ1v) is 11.0. The number of benzene rings is 1. The number of rotatable bonds is 4. The summed E-state index contributed by atoms with van der Waals surface area (Å²) in [6.07, 6.45) is 1.75. The van der Waals surface area contributed by atoms with Gasteiger partial charge in [-0.3, -0.25) is 4.79 Å². The molecule has 27 heavy (non-hydrogen) atoms. The lowest BCUT2D eigenvalue weighted by Crippen LogP contribution is -2.48. The van der Waals surface area contributed by atoms with Crippen molar-refractivity contribution < 1.29 is 4.79 Å². The smallest absolute Gasteiger partial charge is 0.267 e. The molecule has 0 aliphatic carbocycles. The molecule has 3 heterocycles. The molecule has 142 valence electrons. The second-order valence-electron chi connectivity index (χ2n) is 6.62. The number of halogens is 1. The van der Waals surface area contributed by atoms with E-state index < -0.39 is 0 Å². The minimum absolute atomic E-state index is 0.0521. The molecule has 1 aromatic carbocycles. The molecule has 0 unspecified atom stereocenters. The van der Waals surface area contributed by atoms with E-state index in [1.54, 1.807) is 11.3 Å². The van der Waals surface area contributed by atoms with Crippen LogP contribution in [0.2, 0.25) is 5.02 Å². The SMILES string of the molecule is CCCc1nnsc1C(=O)N1CCN(c2nc3c(C)ccc(Cl)c3s2)CC1. The van der Waals surface area contributed by atoms with Crippen LogP contribution in [0.1, 0.15) is 34.3 Å². The van der Waals surface area contributed by atoms with Gasteiger partial charge in [0.1, 0.15) is 4.88 Å². The number of hydrogen-bond acceptors (Lipinski definition) is 7. The zero-order valence-electron chi connectivity index (χ0n) is 15.2. The van der Waals surface area contributed by atoms with E-state index in [-0.39, 0.29) is 5.91 Å². The number of aryl methyl sites for hydroxylation is 2. The molecule has 1 fully saturated rings. The van der Waals surface area contributed by atoms with Crippen LogP contribution in [-0.2, 0) is 6.42 Å². The average Bonchev–Trinajstić information content (AvgIpc) is 3.33. The molecular formula is C18H20ClN5OS2. The molecule has 1 aliphatic rings. The molecule has 0 radical (unpaired) electrons. The van der Waals surface area contributed by atoms with Crippen molar-refractivity contribution in [2.75, 3.05) is 31.1 Å². The third-order valence-corrected chi connectivity index (χ3v) is 7.09. The van der Waals surface area contributed by atoms with Crippen LogP contribution in [-0.4, -0.2) is 51.6 Å². The predicted molar refractivity (Wildman–Crippen MR) is 111 cm³/mol. The number of nitrogens with zero attached hydrogens (tertiary/aromatic N) is 5. The van der Waals surface area contributed by atoms with Crippen molar-refractivity contribution in [3.05, 3.63) is 33.3 Å². The number of thiazole rings is 1. The third kappa shape index (κ3) is 3.53. The zero-order valence-corrected chi connectivity index (χ0v) is 17.6. The maximum atomic E-state index is 12.8. The Morgan fingerprint density at radius 1 is 1.26 bits per heavy atom. The average molecular weight is 422 g/mol. The van der Waals surface area contributed by atoms with Gasteiger partial charge in [-0.2, -0.15) is 0 Å². The van der Waals surface area contributed by atoms with Crippen molar-refractivity contribution in [2.24, 2.45) is 0 Å². The van der Waals surface area contributed by atoms with E-state index >= 15 is 0 Å². The highest BCUT2D eigenvalue weighted by molar-refractivity contribution is 7.22. The van der Waals surface area contributed by atoms with Gasteiger partial charge < -0.3 is 9.80 Å². The predicted octanol–water partition coefficient (Wildman–Crippen LogP) is 4.02.